The number of aryl methyl sites for hydroxylation is 1. The van der Waals surface area contributed by atoms with Crippen molar-refractivity contribution in [3.63, 3.8) is 0 Å². The molecule has 0 atom stereocenters. The average molecular weight is 301 g/mol. The molecule has 1 nitrogen and oxygen atoms in total. The molecule has 23 heavy (non-hydrogen) atoms. The van der Waals surface area contributed by atoms with Gasteiger partial charge in [-0.05, 0) is 36.6 Å². The van der Waals surface area contributed by atoms with E-state index in [9.17, 15) is 0 Å². The Kier molecular flexibility index (Phi) is 4.26. The van der Waals surface area contributed by atoms with Gasteiger partial charge in [0.05, 0.1) is 5.41 Å². The molecule has 1 aromatic heterocycles. The third kappa shape index (κ3) is 2.78. The highest BCUT2D eigenvalue weighted by atomic mass is 14.9. The summed E-state index contributed by atoms with van der Waals surface area (Å²) in [5.74, 6) is 7.01. The molecule has 3 rings (SSSR count). The van der Waals surface area contributed by atoms with Crippen LogP contribution in [-0.2, 0) is 12.5 Å². The summed E-state index contributed by atoms with van der Waals surface area (Å²) in [7, 11) is 2.12. The van der Waals surface area contributed by atoms with E-state index in [0.29, 0.717) is 0 Å². The van der Waals surface area contributed by atoms with Crippen molar-refractivity contribution in [2.24, 2.45) is 7.05 Å². The second-order valence-electron chi connectivity index (χ2n) is 6.08. The quantitative estimate of drug-likeness (QED) is 0.579. The normalized spacial score (nSPS) is 11.3. The fourth-order valence-electron chi connectivity index (χ4n) is 3.31. The van der Waals surface area contributed by atoms with Crippen LogP contribution in [0.25, 0.3) is 10.9 Å². The van der Waals surface area contributed by atoms with Crippen LogP contribution in [0.15, 0.2) is 60.8 Å². The lowest BCUT2D eigenvalue weighted by Crippen LogP contribution is -2.22. The number of rotatable bonds is 3. The molecule has 0 fully saturated rings. The van der Waals surface area contributed by atoms with E-state index in [2.05, 4.69) is 79.9 Å². The van der Waals surface area contributed by atoms with Crippen LogP contribution >= 0.6 is 0 Å². The van der Waals surface area contributed by atoms with Gasteiger partial charge in [0.1, 0.15) is 0 Å². The Morgan fingerprint density at radius 3 is 2.26 bits per heavy atom. The molecule has 0 amide bonds. The van der Waals surface area contributed by atoms with E-state index in [1.807, 2.05) is 18.2 Å². The van der Waals surface area contributed by atoms with E-state index in [-0.39, 0.29) is 5.41 Å². The summed E-state index contributed by atoms with van der Waals surface area (Å²) in [6.45, 7) is 4.48. The van der Waals surface area contributed by atoms with E-state index in [1.54, 1.807) is 0 Å². The van der Waals surface area contributed by atoms with Crippen molar-refractivity contribution in [1.29, 1.82) is 0 Å². The summed E-state index contributed by atoms with van der Waals surface area (Å²) in [6.07, 6.45) is 4.28. The SMILES string of the molecule is CCC(C#Cc1ccccc1)(CC)c1cn(C)c2ccccc12. The molecule has 0 bridgehead atoms. The first kappa shape index (κ1) is 15.4. The van der Waals surface area contributed by atoms with Gasteiger partial charge in [0.2, 0.25) is 0 Å². The number of para-hydroxylation sites is 1. The van der Waals surface area contributed by atoms with Crippen molar-refractivity contribution in [3.8, 4) is 11.8 Å². The summed E-state index contributed by atoms with van der Waals surface area (Å²) in [4.78, 5) is 0. The van der Waals surface area contributed by atoms with Gasteiger partial charge in [0.15, 0.2) is 0 Å². The largest absolute Gasteiger partial charge is 0.350 e. The lowest BCUT2D eigenvalue weighted by atomic mass is 9.76. The molecule has 3 aromatic rings. The standard InChI is InChI=1S/C22H23N/c1-4-22(5-2,16-15-18-11-7-6-8-12-18)20-17-23(3)21-14-10-9-13-19(20)21/h6-14,17H,4-5H2,1-3H3. The first-order chi connectivity index (χ1) is 11.2. The zero-order valence-electron chi connectivity index (χ0n) is 14.1. The lowest BCUT2D eigenvalue weighted by molar-refractivity contribution is 0.520. The molecule has 1 heteroatoms. The number of nitrogens with zero attached hydrogens (tertiary/aromatic N) is 1. The van der Waals surface area contributed by atoms with Crippen molar-refractivity contribution in [2.75, 3.05) is 0 Å². The Bertz CT molecular complexity index is 855. The summed E-state index contributed by atoms with van der Waals surface area (Å²) in [5, 5.41) is 1.32. The molecule has 0 saturated heterocycles. The van der Waals surface area contributed by atoms with E-state index >= 15 is 0 Å². The first-order valence-electron chi connectivity index (χ1n) is 8.33. The van der Waals surface area contributed by atoms with E-state index in [4.69, 9.17) is 0 Å². The Morgan fingerprint density at radius 1 is 0.913 bits per heavy atom. The zero-order valence-corrected chi connectivity index (χ0v) is 14.1. The van der Waals surface area contributed by atoms with Crippen molar-refractivity contribution in [1.82, 2.24) is 4.57 Å². The molecular formula is C22H23N. The van der Waals surface area contributed by atoms with Crippen LogP contribution in [0.2, 0.25) is 0 Å². The average Bonchev–Trinajstić information content (AvgIpc) is 2.95. The van der Waals surface area contributed by atoms with Crippen LogP contribution in [0.5, 0.6) is 0 Å². The minimum Gasteiger partial charge on any atom is -0.350 e. The van der Waals surface area contributed by atoms with Gasteiger partial charge in [-0.25, -0.2) is 0 Å². The summed E-state index contributed by atoms with van der Waals surface area (Å²) < 4.78 is 2.22. The molecule has 2 aromatic carbocycles. The van der Waals surface area contributed by atoms with Crippen LogP contribution < -0.4 is 0 Å². The predicted octanol–water partition coefficient (Wildman–Crippen LogP) is 5.29. The molecule has 0 saturated carbocycles. The molecule has 0 aliphatic heterocycles. The molecule has 116 valence electrons. The highest BCUT2D eigenvalue weighted by Gasteiger charge is 2.29. The van der Waals surface area contributed by atoms with Gasteiger partial charge in [0, 0.05) is 29.7 Å². The van der Waals surface area contributed by atoms with Crippen LogP contribution in [0.3, 0.4) is 0 Å². The third-order valence-corrected chi connectivity index (χ3v) is 4.84. The van der Waals surface area contributed by atoms with Gasteiger partial charge < -0.3 is 4.57 Å². The molecule has 0 radical (unpaired) electrons. The maximum atomic E-state index is 3.61. The summed E-state index contributed by atoms with van der Waals surface area (Å²) in [6, 6.07) is 18.9. The number of aromatic nitrogens is 1. The topological polar surface area (TPSA) is 4.93 Å². The van der Waals surface area contributed by atoms with E-state index in [1.165, 1.54) is 16.5 Å². The number of fused-ring (bicyclic) bond motifs is 1. The fraction of sp³-hybridized carbons (Fsp3) is 0.273. The maximum Gasteiger partial charge on any atom is 0.0582 e. The maximum absolute atomic E-state index is 3.61. The van der Waals surface area contributed by atoms with Gasteiger partial charge in [-0.2, -0.15) is 0 Å². The Hall–Kier alpha value is -2.46. The molecule has 0 spiro atoms. The second-order valence-corrected chi connectivity index (χ2v) is 6.08. The third-order valence-electron chi connectivity index (χ3n) is 4.84. The molecule has 0 N–H and O–H groups in total. The van der Waals surface area contributed by atoms with Crippen molar-refractivity contribution >= 4 is 10.9 Å². The molecule has 0 aliphatic carbocycles. The van der Waals surface area contributed by atoms with Crippen LogP contribution in [0, 0.1) is 11.8 Å². The van der Waals surface area contributed by atoms with Crippen molar-refractivity contribution in [3.05, 3.63) is 71.9 Å². The van der Waals surface area contributed by atoms with Gasteiger partial charge in [-0.15, -0.1) is 0 Å². The Balaban J connectivity index is 2.16. The highest BCUT2D eigenvalue weighted by Crippen LogP contribution is 2.37. The lowest BCUT2D eigenvalue weighted by Gasteiger charge is -2.25. The molecular weight excluding hydrogens is 278 g/mol. The Labute approximate surface area is 139 Å². The molecule has 0 aliphatic rings. The zero-order chi connectivity index (χ0) is 16.3. The van der Waals surface area contributed by atoms with Gasteiger partial charge in [-0.1, -0.05) is 62.1 Å². The van der Waals surface area contributed by atoms with Crippen LogP contribution in [0.1, 0.15) is 37.8 Å². The summed E-state index contributed by atoms with van der Waals surface area (Å²) >= 11 is 0. The smallest absolute Gasteiger partial charge is 0.0582 e. The fourth-order valence-corrected chi connectivity index (χ4v) is 3.31. The second kappa shape index (κ2) is 6.34. The van der Waals surface area contributed by atoms with Gasteiger partial charge in [0.25, 0.3) is 0 Å². The van der Waals surface area contributed by atoms with Gasteiger partial charge >= 0.3 is 0 Å². The van der Waals surface area contributed by atoms with Crippen LogP contribution in [-0.4, -0.2) is 4.57 Å². The van der Waals surface area contributed by atoms with E-state index in [0.717, 1.165) is 18.4 Å². The number of hydrogen-bond donors (Lipinski definition) is 0. The van der Waals surface area contributed by atoms with Crippen LogP contribution in [0.4, 0.5) is 0 Å². The van der Waals surface area contributed by atoms with Crippen molar-refractivity contribution < 1.29 is 0 Å². The van der Waals surface area contributed by atoms with Crippen molar-refractivity contribution in [2.45, 2.75) is 32.1 Å². The minimum atomic E-state index is -0.100. The predicted molar refractivity (Wildman–Crippen MR) is 98.5 cm³/mol. The molecule has 0 unspecified atom stereocenters. The Morgan fingerprint density at radius 2 is 1.57 bits per heavy atom. The number of hydrogen-bond acceptors (Lipinski definition) is 0. The van der Waals surface area contributed by atoms with Gasteiger partial charge in [-0.3, -0.25) is 0 Å². The minimum absolute atomic E-state index is 0.100. The van der Waals surface area contributed by atoms with E-state index < -0.39 is 0 Å². The molecule has 1 heterocycles. The summed E-state index contributed by atoms with van der Waals surface area (Å²) in [5.41, 5.74) is 3.61. The number of benzene rings is 2. The first-order valence-corrected chi connectivity index (χ1v) is 8.33. The monoisotopic (exact) mass is 301 g/mol. The highest BCUT2D eigenvalue weighted by molar-refractivity contribution is 5.85.